The molecule has 7 heteroatoms. The van der Waals surface area contributed by atoms with Crippen LogP contribution in [-0.4, -0.2) is 45.9 Å². The summed E-state index contributed by atoms with van der Waals surface area (Å²) in [6.07, 6.45) is -0.0871. The molecule has 0 radical (unpaired) electrons. The molecule has 0 aromatic heterocycles. The van der Waals surface area contributed by atoms with Crippen molar-refractivity contribution in [3.05, 3.63) is 34.3 Å². The van der Waals surface area contributed by atoms with Crippen molar-refractivity contribution >= 4 is 29.9 Å². The summed E-state index contributed by atoms with van der Waals surface area (Å²) in [5, 5.41) is 6.96. The van der Waals surface area contributed by atoms with Crippen molar-refractivity contribution in [2.24, 2.45) is 5.92 Å². The van der Waals surface area contributed by atoms with E-state index in [1.807, 2.05) is 25.1 Å². The van der Waals surface area contributed by atoms with E-state index in [4.69, 9.17) is 21.1 Å². The maximum atomic E-state index is 11.6. The number of aryl methyl sites for hydroxylation is 1. The molecule has 1 fully saturated rings. The number of carbonyl (C=O) groups is 1. The molecule has 0 aliphatic carbocycles. The molecular formula is C16H24Cl2N2O3. The van der Waals surface area contributed by atoms with Crippen molar-refractivity contribution in [2.45, 2.75) is 13.0 Å². The second-order valence-electron chi connectivity index (χ2n) is 5.50. The quantitative estimate of drug-likeness (QED) is 0.841. The van der Waals surface area contributed by atoms with Gasteiger partial charge in [-0.15, -0.1) is 12.4 Å². The fraction of sp³-hybridized carbons (Fsp3) is 0.562. The van der Waals surface area contributed by atoms with Gasteiger partial charge in [-0.2, -0.15) is 0 Å². The molecule has 2 atom stereocenters. The van der Waals surface area contributed by atoms with E-state index in [0.29, 0.717) is 13.2 Å². The molecule has 0 unspecified atom stereocenters. The predicted molar refractivity (Wildman–Crippen MR) is 93.4 cm³/mol. The summed E-state index contributed by atoms with van der Waals surface area (Å²) < 4.78 is 10.8. The van der Waals surface area contributed by atoms with Gasteiger partial charge in [-0.25, -0.2) is 0 Å². The van der Waals surface area contributed by atoms with Crippen LogP contribution in [0.3, 0.4) is 0 Å². The van der Waals surface area contributed by atoms with E-state index in [-0.39, 0.29) is 36.9 Å². The Morgan fingerprint density at radius 2 is 2.30 bits per heavy atom. The van der Waals surface area contributed by atoms with Gasteiger partial charge in [0, 0.05) is 37.7 Å². The summed E-state index contributed by atoms with van der Waals surface area (Å²) >= 11 is 6.23. The monoisotopic (exact) mass is 362 g/mol. The standard InChI is InChI=1S/C16H23ClN2O3.ClH/c1-11-3-4-12(7-14(11)17)16-13(8-18-5-6-22-16)9-19-15(20)10-21-2;/h3-4,7,13,16,18H,5-6,8-10H2,1-2H3,(H,19,20);1H/t13-,16-;/m1./s1. The van der Waals surface area contributed by atoms with Gasteiger partial charge >= 0.3 is 0 Å². The molecule has 23 heavy (non-hydrogen) atoms. The second kappa shape index (κ2) is 10.1. The largest absolute Gasteiger partial charge is 0.375 e. The van der Waals surface area contributed by atoms with Gasteiger partial charge in [0.1, 0.15) is 6.61 Å². The van der Waals surface area contributed by atoms with Crippen molar-refractivity contribution < 1.29 is 14.3 Å². The van der Waals surface area contributed by atoms with Crippen LogP contribution in [0.15, 0.2) is 18.2 Å². The fourth-order valence-electron chi connectivity index (χ4n) is 2.55. The van der Waals surface area contributed by atoms with Crippen LogP contribution < -0.4 is 10.6 Å². The highest BCUT2D eigenvalue weighted by Gasteiger charge is 2.26. The molecule has 0 bridgehead atoms. The molecule has 1 aromatic carbocycles. The van der Waals surface area contributed by atoms with Crippen molar-refractivity contribution in [3.8, 4) is 0 Å². The molecule has 130 valence electrons. The average molecular weight is 363 g/mol. The first-order valence-corrected chi connectivity index (χ1v) is 7.83. The minimum atomic E-state index is -0.118. The molecule has 1 aliphatic heterocycles. The second-order valence-corrected chi connectivity index (χ2v) is 5.91. The van der Waals surface area contributed by atoms with Crippen LogP contribution in [0.1, 0.15) is 17.2 Å². The van der Waals surface area contributed by atoms with E-state index >= 15 is 0 Å². The lowest BCUT2D eigenvalue weighted by Gasteiger charge is -2.25. The van der Waals surface area contributed by atoms with Gasteiger partial charge in [0.15, 0.2) is 0 Å². The third kappa shape index (κ3) is 5.94. The Morgan fingerprint density at radius 3 is 3.00 bits per heavy atom. The van der Waals surface area contributed by atoms with E-state index in [1.54, 1.807) is 0 Å². The fourth-order valence-corrected chi connectivity index (χ4v) is 2.74. The zero-order valence-electron chi connectivity index (χ0n) is 13.4. The molecule has 5 nitrogen and oxygen atoms in total. The van der Waals surface area contributed by atoms with Crippen molar-refractivity contribution in [1.82, 2.24) is 10.6 Å². The van der Waals surface area contributed by atoms with E-state index < -0.39 is 0 Å². The Bertz CT molecular complexity index is 514. The van der Waals surface area contributed by atoms with Crippen LogP contribution in [0.25, 0.3) is 0 Å². The first-order valence-electron chi connectivity index (χ1n) is 7.46. The van der Waals surface area contributed by atoms with Crippen molar-refractivity contribution in [2.75, 3.05) is 40.0 Å². The number of amides is 1. The highest BCUT2D eigenvalue weighted by Crippen LogP contribution is 2.30. The van der Waals surface area contributed by atoms with E-state index in [0.717, 1.165) is 29.2 Å². The van der Waals surface area contributed by atoms with Gasteiger partial charge in [0.25, 0.3) is 0 Å². The van der Waals surface area contributed by atoms with Gasteiger partial charge < -0.3 is 20.1 Å². The lowest BCUT2D eigenvalue weighted by molar-refractivity contribution is -0.125. The summed E-state index contributed by atoms with van der Waals surface area (Å²) in [6.45, 7) is 4.80. The van der Waals surface area contributed by atoms with Gasteiger partial charge in [-0.3, -0.25) is 4.79 Å². The van der Waals surface area contributed by atoms with Crippen LogP contribution >= 0.6 is 24.0 Å². The SMILES string of the molecule is COCC(=O)NC[C@H]1CNCCO[C@@H]1c1ccc(C)c(Cl)c1.Cl. The Hall–Kier alpha value is -0.850. The molecule has 1 aliphatic rings. The van der Waals surface area contributed by atoms with E-state index in [9.17, 15) is 4.79 Å². The molecule has 1 aromatic rings. The number of rotatable bonds is 5. The topological polar surface area (TPSA) is 59.6 Å². The average Bonchev–Trinajstić information content (AvgIpc) is 2.74. The predicted octanol–water partition coefficient (Wildman–Crippen LogP) is 2.11. The molecule has 1 amide bonds. The smallest absolute Gasteiger partial charge is 0.245 e. The number of methoxy groups -OCH3 is 1. The number of nitrogens with one attached hydrogen (secondary N) is 2. The Morgan fingerprint density at radius 1 is 1.52 bits per heavy atom. The van der Waals surface area contributed by atoms with Crippen LogP contribution in [0.2, 0.25) is 5.02 Å². The normalized spacial score (nSPS) is 21.2. The summed E-state index contributed by atoms with van der Waals surface area (Å²) in [4.78, 5) is 11.6. The van der Waals surface area contributed by atoms with Crippen LogP contribution in [-0.2, 0) is 14.3 Å². The highest BCUT2D eigenvalue weighted by molar-refractivity contribution is 6.31. The molecule has 0 spiro atoms. The molecule has 2 N–H and O–H groups in total. The number of ether oxygens (including phenoxy) is 2. The number of hydrogen-bond donors (Lipinski definition) is 2. The lowest BCUT2D eigenvalue weighted by Crippen LogP contribution is -2.37. The van der Waals surface area contributed by atoms with E-state index in [1.165, 1.54) is 7.11 Å². The van der Waals surface area contributed by atoms with E-state index in [2.05, 4.69) is 10.6 Å². The zero-order chi connectivity index (χ0) is 15.9. The molecule has 2 rings (SSSR count). The lowest BCUT2D eigenvalue weighted by atomic mass is 9.94. The van der Waals surface area contributed by atoms with Gasteiger partial charge in [0.2, 0.25) is 5.91 Å². The first kappa shape index (κ1) is 20.2. The number of benzene rings is 1. The highest BCUT2D eigenvalue weighted by atomic mass is 35.5. The molecule has 1 heterocycles. The van der Waals surface area contributed by atoms with Crippen LogP contribution in [0.5, 0.6) is 0 Å². The summed E-state index contributed by atoms with van der Waals surface area (Å²) in [7, 11) is 1.51. The maximum absolute atomic E-state index is 11.6. The van der Waals surface area contributed by atoms with Crippen molar-refractivity contribution in [1.29, 1.82) is 0 Å². The zero-order valence-corrected chi connectivity index (χ0v) is 15.0. The Balaban J connectivity index is 0.00000264. The third-order valence-corrected chi connectivity index (χ3v) is 4.18. The molecule has 0 saturated carbocycles. The number of hydrogen-bond acceptors (Lipinski definition) is 4. The summed E-state index contributed by atoms with van der Waals surface area (Å²) in [5.41, 5.74) is 2.09. The minimum Gasteiger partial charge on any atom is -0.375 e. The number of carbonyl (C=O) groups excluding carboxylic acids is 1. The Kier molecular flexibility index (Phi) is 8.87. The molecular weight excluding hydrogens is 339 g/mol. The van der Waals surface area contributed by atoms with Gasteiger partial charge in [0.05, 0.1) is 12.7 Å². The van der Waals surface area contributed by atoms with Gasteiger partial charge in [-0.05, 0) is 24.1 Å². The Labute approximate surface area is 148 Å². The summed E-state index contributed by atoms with van der Waals surface area (Å²) in [6, 6.07) is 6.00. The van der Waals surface area contributed by atoms with Crippen molar-refractivity contribution in [3.63, 3.8) is 0 Å². The van der Waals surface area contributed by atoms with Crippen LogP contribution in [0.4, 0.5) is 0 Å². The van der Waals surface area contributed by atoms with Gasteiger partial charge in [-0.1, -0.05) is 23.7 Å². The molecule has 1 saturated heterocycles. The maximum Gasteiger partial charge on any atom is 0.245 e. The summed E-state index contributed by atoms with van der Waals surface area (Å²) in [5.74, 6) is 0.0227. The number of halogens is 2. The minimum absolute atomic E-state index is 0. The first-order chi connectivity index (χ1) is 10.6. The van der Waals surface area contributed by atoms with Crippen LogP contribution in [0, 0.1) is 12.8 Å². The third-order valence-electron chi connectivity index (χ3n) is 3.77.